The lowest BCUT2D eigenvalue weighted by Crippen LogP contribution is -2.56. The van der Waals surface area contributed by atoms with Crippen LogP contribution in [0.3, 0.4) is 0 Å². The number of likely N-dealkylation sites (N-methyl/N-ethyl adjacent to an activating group) is 1. The first kappa shape index (κ1) is 30.8. The Morgan fingerprint density at radius 1 is 1.22 bits per heavy atom. The number of phenolic OH excluding ortho intramolecular Hbond substituents is 1. The first-order chi connectivity index (χ1) is 19.3. The summed E-state index contributed by atoms with van der Waals surface area (Å²) in [6.45, 7) is 7.49. The number of nitrogens with one attached hydrogen (secondary N) is 1. The molecular weight excluding hydrogens is 530 g/mol. The predicted molar refractivity (Wildman–Crippen MR) is 150 cm³/mol. The third-order valence-electron chi connectivity index (χ3n) is 8.23. The molecule has 2 heterocycles. The van der Waals surface area contributed by atoms with Crippen LogP contribution in [0.25, 0.3) is 0 Å². The summed E-state index contributed by atoms with van der Waals surface area (Å²) in [5.41, 5.74) is 6.64. The number of hydrogen-bond donors (Lipinski definition) is 4. The van der Waals surface area contributed by atoms with Gasteiger partial charge in [-0.1, -0.05) is 19.9 Å². The number of phenols is 1. The van der Waals surface area contributed by atoms with E-state index < -0.39 is 47.7 Å². The smallest absolute Gasteiger partial charge is 0.352 e. The molecule has 1 aromatic rings. The predicted octanol–water partition coefficient (Wildman–Crippen LogP) is 1.70. The van der Waals surface area contributed by atoms with Crippen LogP contribution < -0.4 is 15.8 Å². The molecule has 3 aliphatic rings. The molecule has 11 nitrogen and oxygen atoms in total. The molecule has 1 amide bonds. The fraction of sp³-hybridized carbons (Fsp3) is 0.633. The molecule has 6 atom stereocenters. The van der Waals surface area contributed by atoms with Gasteiger partial charge in [-0.15, -0.1) is 0 Å². The maximum absolute atomic E-state index is 13.0. The van der Waals surface area contributed by atoms with Crippen LogP contribution in [0.4, 0.5) is 0 Å². The Morgan fingerprint density at radius 3 is 2.66 bits per heavy atom. The van der Waals surface area contributed by atoms with Gasteiger partial charge in [0.1, 0.15) is 11.8 Å². The lowest BCUT2D eigenvalue weighted by Gasteiger charge is -2.44. The van der Waals surface area contributed by atoms with Gasteiger partial charge in [0.25, 0.3) is 0 Å². The Bertz CT molecular complexity index is 1200. The summed E-state index contributed by atoms with van der Waals surface area (Å²) < 4.78 is 17.3. The maximum Gasteiger partial charge on any atom is 0.352 e. The summed E-state index contributed by atoms with van der Waals surface area (Å²) in [7, 11) is 2.00. The van der Waals surface area contributed by atoms with Crippen LogP contribution in [0, 0.1) is 5.92 Å². The van der Waals surface area contributed by atoms with E-state index in [9.17, 15) is 24.6 Å². The molecule has 11 heteroatoms. The van der Waals surface area contributed by atoms with E-state index in [-0.39, 0.29) is 36.3 Å². The number of rotatable bonds is 8. The monoisotopic (exact) mass is 573 g/mol. The summed E-state index contributed by atoms with van der Waals surface area (Å²) in [5, 5.41) is 25.1. The number of aliphatic hydroxyl groups is 1. The zero-order chi connectivity index (χ0) is 30.1. The summed E-state index contributed by atoms with van der Waals surface area (Å²) in [6, 6.07) is 1.49. The first-order valence-electron chi connectivity index (χ1n) is 14.4. The Balaban J connectivity index is 1.47. The van der Waals surface area contributed by atoms with Crippen molar-refractivity contribution in [2.45, 2.75) is 102 Å². The molecule has 0 radical (unpaired) electrons. The van der Waals surface area contributed by atoms with E-state index in [0.717, 1.165) is 24.1 Å². The second-order valence-corrected chi connectivity index (χ2v) is 12.0. The molecule has 4 rings (SSSR count). The van der Waals surface area contributed by atoms with Gasteiger partial charge in [-0.3, -0.25) is 4.79 Å². The van der Waals surface area contributed by atoms with E-state index in [1.54, 1.807) is 12.1 Å². The molecule has 1 aliphatic carbocycles. The zero-order valence-electron chi connectivity index (χ0n) is 24.5. The van der Waals surface area contributed by atoms with E-state index >= 15 is 0 Å². The van der Waals surface area contributed by atoms with Crippen molar-refractivity contribution < 1.29 is 38.8 Å². The standard InChI is InChI=1S/C30H43N3O8/c1-16(2)13-21(31)27(35)32-17(3)28(36)39-18(4)29(37)41-23-10-11-30(38)15-24(23)40-26-20-7-6-12-33(5)25(30)14-19(20)8-9-22(26)34/h8-10,16-18,21,24-25,34,38H,6-7,11-15,31H2,1-5H3,(H,32,35)/t17-,18-,21-,24+,25+,30-/m0/s1. The van der Waals surface area contributed by atoms with Gasteiger partial charge in [-0.25, -0.2) is 9.59 Å². The molecule has 0 spiro atoms. The number of ether oxygens (including phenoxy) is 3. The summed E-state index contributed by atoms with van der Waals surface area (Å²) in [5.74, 6) is -1.39. The number of hydrogen-bond acceptors (Lipinski definition) is 10. The highest BCUT2D eigenvalue weighted by molar-refractivity contribution is 5.88. The highest BCUT2D eigenvalue weighted by Crippen LogP contribution is 2.44. The Kier molecular flexibility index (Phi) is 9.30. The van der Waals surface area contributed by atoms with Gasteiger partial charge in [-0.05, 0) is 83.2 Å². The van der Waals surface area contributed by atoms with E-state index in [2.05, 4.69) is 10.2 Å². The minimum absolute atomic E-state index is 0.0117. The third-order valence-corrected chi connectivity index (χ3v) is 8.23. The van der Waals surface area contributed by atoms with Gasteiger partial charge in [0.15, 0.2) is 23.7 Å². The summed E-state index contributed by atoms with van der Waals surface area (Å²) in [6.07, 6.45) is 2.48. The van der Waals surface area contributed by atoms with Crippen LogP contribution in [0.5, 0.6) is 11.5 Å². The average molecular weight is 574 g/mol. The van der Waals surface area contributed by atoms with E-state index in [1.165, 1.54) is 13.8 Å². The zero-order valence-corrected chi connectivity index (χ0v) is 24.5. The number of aromatic hydroxyl groups is 1. The van der Waals surface area contributed by atoms with Crippen molar-refractivity contribution in [1.29, 1.82) is 0 Å². The van der Waals surface area contributed by atoms with Crippen molar-refractivity contribution >= 4 is 17.8 Å². The number of nitrogens with zero attached hydrogens (tertiary/aromatic N) is 1. The first-order valence-corrected chi connectivity index (χ1v) is 14.4. The molecular formula is C30H43N3O8. The molecule has 0 aromatic heterocycles. The number of carbonyl (C=O) groups excluding carboxylic acids is 3. The maximum atomic E-state index is 13.0. The van der Waals surface area contributed by atoms with Crippen LogP contribution in [-0.4, -0.2) is 82.5 Å². The number of amides is 1. The fourth-order valence-corrected chi connectivity index (χ4v) is 5.93. The average Bonchev–Trinajstić information content (AvgIpc) is 2.90. The molecule has 0 unspecified atom stereocenters. The van der Waals surface area contributed by atoms with Crippen molar-refractivity contribution in [3.8, 4) is 11.5 Å². The normalized spacial score (nSPS) is 26.1. The van der Waals surface area contributed by atoms with E-state index in [4.69, 9.17) is 19.9 Å². The van der Waals surface area contributed by atoms with Crippen molar-refractivity contribution in [3.05, 3.63) is 35.1 Å². The van der Waals surface area contributed by atoms with Crippen molar-refractivity contribution in [3.63, 3.8) is 0 Å². The quantitative estimate of drug-likeness (QED) is 0.337. The second kappa shape index (κ2) is 12.4. The topological polar surface area (TPSA) is 161 Å². The van der Waals surface area contributed by atoms with Crippen LogP contribution in [0.2, 0.25) is 0 Å². The minimum Gasteiger partial charge on any atom is -0.504 e. The van der Waals surface area contributed by atoms with Crippen molar-refractivity contribution in [1.82, 2.24) is 10.2 Å². The number of fused-ring (bicyclic) bond motifs is 4. The van der Waals surface area contributed by atoms with Gasteiger partial charge >= 0.3 is 11.9 Å². The van der Waals surface area contributed by atoms with Crippen LogP contribution in [0.1, 0.15) is 64.5 Å². The molecule has 0 fully saturated rings. The number of nitrogens with two attached hydrogens (primary N) is 1. The van der Waals surface area contributed by atoms with Crippen LogP contribution >= 0.6 is 0 Å². The highest BCUT2D eigenvalue weighted by atomic mass is 16.6. The Hall–Kier alpha value is -3.15. The SMILES string of the molecule is CC(C)C[C@H](N)C(=O)N[C@@H](C)C(=O)O[C@@H](C)C(=O)OC1=CC[C@]2(O)C[C@H]1Oc1c(O)ccc3c1CCCN(C)[C@@H]2C3. The van der Waals surface area contributed by atoms with Gasteiger partial charge in [0.05, 0.1) is 11.6 Å². The third kappa shape index (κ3) is 6.85. The summed E-state index contributed by atoms with van der Waals surface area (Å²) >= 11 is 0. The molecule has 6 bridgehead atoms. The van der Waals surface area contributed by atoms with Gasteiger partial charge in [0, 0.05) is 18.0 Å². The molecule has 41 heavy (non-hydrogen) atoms. The molecule has 1 aromatic carbocycles. The molecule has 0 saturated heterocycles. The number of benzene rings is 1. The van der Waals surface area contributed by atoms with Crippen LogP contribution in [-0.2, 0) is 36.7 Å². The Morgan fingerprint density at radius 2 is 1.95 bits per heavy atom. The van der Waals surface area contributed by atoms with E-state index in [1.807, 2.05) is 27.0 Å². The van der Waals surface area contributed by atoms with Crippen molar-refractivity contribution in [2.75, 3.05) is 13.6 Å². The minimum atomic E-state index is -1.28. The lowest BCUT2D eigenvalue weighted by atomic mass is 9.77. The highest BCUT2D eigenvalue weighted by Gasteiger charge is 2.47. The van der Waals surface area contributed by atoms with Crippen LogP contribution in [0.15, 0.2) is 24.0 Å². The fourth-order valence-electron chi connectivity index (χ4n) is 5.93. The molecule has 5 N–H and O–H groups in total. The number of esters is 2. The van der Waals surface area contributed by atoms with E-state index in [0.29, 0.717) is 25.0 Å². The lowest BCUT2D eigenvalue weighted by molar-refractivity contribution is -0.167. The van der Waals surface area contributed by atoms with Gasteiger partial charge in [-0.2, -0.15) is 0 Å². The van der Waals surface area contributed by atoms with Crippen molar-refractivity contribution in [2.24, 2.45) is 11.7 Å². The van der Waals surface area contributed by atoms with Gasteiger partial charge < -0.3 is 40.4 Å². The molecule has 2 aliphatic heterocycles. The number of carbonyl (C=O) groups is 3. The Labute approximate surface area is 241 Å². The molecule has 0 saturated carbocycles. The summed E-state index contributed by atoms with van der Waals surface area (Å²) in [4.78, 5) is 40.0. The second-order valence-electron chi connectivity index (χ2n) is 12.0. The largest absolute Gasteiger partial charge is 0.504 e. The molecule has 226 valence electrons. The van der Waals surface area contributed by atoms with Gasteiger partial charge in [0.2, 0.25) is 5.91 Å².